The fourth-order valence-electron chi connectivity index (χ4n) is 4.83. The van der Waals surface area contributed by atoms with Gasteiger partial charge in [0.1, 0.15) is 5.60 Å². The first-order valence-electron chi connectivity index (χ1n) is 8.87. The van der Waals surface area contributed by atoms with E-state index in [2.05, 4.69) is 44.2 Å². The van der Waals surface area contributed by atoms with E-state index in [-0.39, 0.29) is 17.9 Å². The van der Waals surface area contributed by atoms with E-state index in [1.165, 1.54) is 10.8 Å². The van der Waals surface area contributed by atoms with Gasteiger partial charge in [0.25, 0.3) is 0 Å². The Labute approximate surface area is 143 Å². The van der Waals surface area contributed by atoms with Crippen molar-refractivity contribution in [1.29, 1.82) is 0 Å². The van der Waals surface area contributed by atoms with Gasteiger partial charge in [0.15, 0.2) is 0 Å². The molecular formula is C21H26O3. The molecule has 2 aromatic carbocycles. The van der Waals surface area contributed by atoms with Crippen molar-refractivity contribution in [1.82, 2.24) is 0 Å². The van der Waals surface area contributed by atoms with E-state index in [0.717, 1.165) is 12.0 Å². The molecule has 24 heavy (non-hydrogen) atoms. The molecule has 3 nitrogen and oxygen atoms in total. The average molecular weight is 326 g/mol. The Morgan fingerprint density at radius 3 is 2.58 bits per heavy atom. The van der Waals surface area contributed by atoms with Crippen LogP contribution in [-0.2, 0) is 11.3 Å². The Kier molecular flexibility index (Phi) is 3.72. The van der Waals surface area contributed by atoms with Gasteiger partial charge in [0.05, 0.1) is 19.3 Å². The monoisotopic (exact) mass is 326 g/mol. The summed E-state index contributed by atoms with van der Waals surface area (Å²) in [5.41, 5.74) is 0.0726. The number of hydrogen-bond acceptors (Lipinski definition) is 3. The molecule has 0 saturated heterocycles. The lowest BCUT2D eigenvalue weighted by Gasteiger charge is -2.64. The van der Waals surface area contributed by atoms with Gasteiger partial charge in [-0.15, -0.1) is 0 Å². The van der Waals surface area contributed by atoms with Gasteiger partial charge in [-0.2, -0.15) is 0 Å². The van der Waals surface area contributed by atoms with Crippen LogP contribution in [0.25, 0.3) is 10.8 Å². The summed E-state index contributed by atoms with van der Waals surface area (Å²) in [6, 6.07) is 14.5. The molecule has 0 radical (unpaired) electrons. The molecule has 0 spiro atoms. The summed E-state index contributed by atoms with van der Waals surface area (Å²) in [6.07, 6.45) is 1.00. The first-order valence-corrected chi connectivity index (χ1v) is 8.87. The maximum absolute atomic E-state index is 11.1. The van der Waals surface area contributed by atoms with E-state index in [1.807, 2.05) is 12.1 Å². The number of benzene rings is 2. The van der Waals surface area contributed by atoms with Crippen LogP contribution in [0.4, 0.5) is 0 Å². The lowest BCUT2D eigenvalue weighted by molar-refractivity contribution is -0.270. The minimum Gasteiger partial charge on any atom is -0.390 e. The Morgan fingerprint density at radius 2 is 1.83 bits per heavy atom. The van der Waals surface area contributed by atoms with Gasteiger partial charge in [0.2, 0.25) is 0 Å². The predicted molar refractivity (Wildman–Crippen MR) is 94.6 cm³/mol. The summed E-state index contributed by atoms with van der Waals surface area (Å²) < 4.78 is 5.86. The van der Waals surface area contributed by atoms with Crippen LogP contribution in [0, 0.1) is 17.3 Å². The van der Waals surface area contributed by atoms with Crippen molar-refractivity contribution in [2.24, 2.45) is 17.3 Å². The molecule has 2 aromatic rings. The first-order chi connectivity index (χ1) is 11.4. The summed E-state index contributed by atoms with van der Waals surface area (Å²) in [5.74, 6) is 0.647. The molecule has 0 aromatic heterocycles. The third-order valence-corrected chi connectivity index (χ3v) is 6.57. The van der Waals surface area contributed by atoms with E-state index >= 15 is 0 Å². The highest BCUT2D eigenvalue weighted by atomic mass is 16.5. The molecule has 3 saturated carbocycles. The summed E-state index contributed by atoms with van der Waals surface area (Å²) in [5, 5.41) is 23.8. The lowest BCUT2D eigenvalue weighted by atomic mass is 9.43. The molecular weight excluding hydrogens is 300 g/mol. The van der Waals surface area contributed by atoms with Crippen LogP contribution < -0.4 is 0 Å². The molecule has 0 amide bonds. The van der Waals surface area contributed by atoms with Crippen LogP contribution in [0.5, 0.6) is 0 Å². The van der Waals surface area contributed by atoms with Crippen LogP contribution in [-0.4, -0.2) is 28.5 Å². The van der Waals surface area contributed by atoms with Gasteiger partial charge in [-0.3, -0.25) is 0 Å². The molecule has 5 rings (SSSR count). The maximum Gasteiger partial charge on any atom is 0.117 e. The second-order valence-corrected chi connectivity index (χ2v) is 8.22. The van der Waals surface area contributed by atoms with Crippen molar-refractivity contribution < 1.29 is 14.9 Å². The third-order valence-electron chi connectivity index (χ3n) is 6.57. The fraction of sp³-hybridized carbons (Fsp3) is 0.524. The van der Waals surface area contributed by atoms with E-state index in [9.17, 15) is 10.2 Å². The molecule has 2 N–H and O–H groups in total. The number of hydrogen-bond donors (Lipinski definition) is 2. The quantitative estimate of drug-likeness (QED) is 0.904. The number of aliphatic hydroxyl groups is 2. The van der Waals surface area contributed by atoms with Crippen LogP contribution in [0.15, 0.2) is 42.5 Å². The van der Waals surface area contributed by atoms with Crippen LogP contribution in [0.1, 0.15) is 32.3 Å². The van der Waals surface area contributed by atoms with Gasteiger partial charge in [-0.1, -0.05) is 50.2 Å². The summed E-state index contributed by atoms with van der Waals surface area (Å²) in [4.78, 5) is 0. The van der Waals surface area contributed by atoms with Crippen LogP contribution in [0.2, 0.25) is 0 Å². The highest BCUT2D eigenvalue weighted by molar-refractivity contribution is 5.82. The standard InChI is InChI=1S/C21H26O3/c1-20(2)17-10-18(20)21(23,19(22)11-17)13-24-12-14-7-8-15-5-3-4-6-16(15)9-14/h3-9,17-19,22-23H,10-13H2,1-2H3/t17-,18-,19+,21-/m0/s1. The molecule has 3 aliphatic rings. The maximum atomic E-state index is 11.1. The highest BCUT2D eigenvalue weighted by Gasteiger charge is 2.64. The van der Waals surface area contributed by atoms with Gasteiger partial charge in [-0.05, 0) is 52.5 Å². The summed E-state index contributed by atoms with van der Waals surface area (Å²) in [7, 11) is 0. The normalized spacial score (nSPS) is 34.1. The molecule has 0 unspecified atom stereocenters. The minimum atomic E-state index is -1.12. The molecule has 3 heteroatoms. The Hall–Kier alpha value is -1.42. The largest absolute Gasteiger partial charge is 0.390 e. The highest BCUT2D eigenvalue weighted by Crippen LogP contribution is 2.62. The minimum absolute atomic E-state index is 0.0975. The lowest BCUT2D eigenvalue weighted by Crippen LogP contribution is -2.69. The van der Waals surface area contributed by atoms with Crippen molar-refractivity contribution >= 4 is 10.8 Å². The predicted octanol–water partition coefficient (Wildman–Crippen LogP) is 3.51. The SMILES string of the molecule is CC1(C)[C@@H]2C[C@@H](O)[C@](O)(COCc3ccc4ccccc4c3)[C@H]1C2. The zero-order chi connectivity index (χ0) is 16.9. The smallest absolute Gasteiger partial charge is 0.117 e. The van der Waals surface area contributed by atoms with Gasteiger partial charge < -0.3 is 14.9 Å². The zero-order valence-electron chi connectivity index (χ0n) is 14.4. The second-order valence-electron chi connectivity index (χ2n) is 8.22. The number of rotatable bonds is 4. The number of fused-ring (bicyclic) bond motifs is 3. The van der Waals surface area contributed by atoms with Crippen molar-refractivity contribution in [3.8, 4) is 0 Å². The average Bonchev–Trinajstić information content (AvgIpc) is 2.57. The Bertz CT molecular complexity index is 754. The molecule has 0 aliphatic heterocycles. The number of ether oxygens (including phenoxy) is 1. The van der Waals surface area contributed by atoms with Crippen molar-refractivity contribution in [3.63, 3.8) is 0 Å². The van der Waals surface area contributed by atoms with Crippen LogP contribution in [0.3, 0.4) is 0 Å². The van der Waals surface area contributed by atoms with E-state index in [0.29, 0.717) is 18.9 Å². The van der Waals surface area contributed by atoms with E-state index in [1.54, 1.807) is 0 Å². The zero-order valence-corrected chi connectivity index (χ0v) is 14.4. The molecule has 3 aliphatic carbocycles. The van der Waals surface area contributed by atoms with Crippen molar-refractivity contribution in [2.75, 3.05) is 6.61 Å². The molecule has 2 bridgehead atoms. The fourth-order valence-corrected chi connectivity index (χ4v) is 4.83. The second kappa shape index (κ2) is 5.55. The van der Waals surface area contributed by atoms with Crippen molar-refractivity contribution in [3.05, 3.63) is 48.0 Å². The summed E-state index contributed by atoms with van der Waals surface area (Å²) in [6.45, 7) is 5.05. The Balaban J connectivity index is 1.44. The Morgan fingerprint density at radius 1 is 1.08 bits per heavy atom. The topological polar surface area (TPSA) is 49.7 Å². The van der Waals surface area contributed by atoms with Gasteiger partial charge in [-0.25, -0.2) is 0 Å². The van der Waals surface area contributed by atoms with Gasteiger partial charge in [0, 0.05) is 0 Å². The van der Waals surface area contributed by atoms with Crippen LogP contribution >= 0.6 is 0 Å². The summed E-state index contributed by atoms with van der Waals surface area (Å²) >= 11 is 0. The molecule has 4 atom stereocenters. The van der Waals surface area contributed by atoms with E-state index in [4.69, 9.17) is 4.74 Å². The molecule has 3 fully saturated rings. The first kappa shape index (κ1) is 16.1. The van der Waals surface area contributed by atoms with Gasteiger partial charge >= 0.3 is 0 Å². The van der Waals surface area contributed by atoms with Crippen molar-refractivity contribution in [2.45, 2.75) is 45.0 Å². The third kappa shape index (κ3) is 2.38. The number of aliphatic hydroxyl groups excluding tert-OH is 1. The molecule has 0 heterocycles. The molecule has 128 valence electrons. The van der Waals surface area contributed by atoms with E-state index < -0.39 is 11.7 Å².